The second kappa shape index (κ2) is 6.02. The fraction of sp³-hybridized carbons (Fsp3) is 0.625. The van der Waals surface area contributed by atoms with Crippen molar-refractivity contribution in [2.45, 2.75) is 38.5 Å². The number of hydrogen-bond donors (Lipinski definition) is 3. The lowest BCUT2D eigenvalue weighted by molar-refractivity contribution is 0.202. The Labute approximate surface area is 125 Å². The molecular formula is C16H24N4O. The van der Waals surface area contributed by atoms with Gasteiger partial charge in [-0.1, -0.05) is 0 Å². The summed E-state index contributed by atoms with van der Waals surface area (Å²) >= 11 is 0. The topological polar surface area (TPSA) is 86.2 Å². The third-order valence-electron chi connectivity index (χ3n) is 4.74. The summed E-state index contributed by atoms with van der Waals surface area (Å²) in [4.78, 5) is 7.09. The van der Waals surface area contributed by atoms with Crippen molar-refractivity contribution in [3.05, 3.63) is 22.9 Å². The van der Waals surface area contributed by atoms with E-state index in [4.69, 9.17) is 16.1 Å². The average molecular weight is 288 g/mol. The van der Waals surface area contributed by atoms with E-state index in [2.05, 4.69) is 11.0 Å². The molecule has 1 aliphatic heterocycles. The highest BCUT2D eigenvalue weighted by Crippen LogP contribution is 2.29. The minimum atomic E-state index is 0.107. The van der Waals surface area contributed by atoms with Gasteiger partial charge in [-0.3, -0.25) is 5.41 Å². The van der Waals surface area contributed by atoms with Gasteiger partial charge < -0.3 is 15.7 Å². The van der Waals surface area contributed by atoms with E-state index >= 15 is 0 Å². The first-order valence-electron chi connectivity index (χ1n) is 7.92. The lowest BCUT2D eigenvalue weighted by Gasteiger charge is -2.34. The zero-order valence-electron chi connectivity index (χ0n) is 12.4. The normalized spacial score (nSPS) is 19.4. The van der Waals surface area contributed by atoms with Crippen LogP contribution >= 0.6 is 0 Å². The van der Waals surface area contributed by atoms with Gasteiger partial charge in [0.2, 0.25) is 0 Å². The molecule has 0 saturated carbocycles. The van der Waals surface area contributed by atoms with E-state index < -0.39 is 0 Å². The maximum Gasteiger partial charge on any atom is 0.139 e. The molecule has 0 atom stereocenters. The van der Waals surface area contributed by atoms with Crippen molar-refractivity contribution >= 4 is 11.7 Å². The number of aliphatic hydroxyl groups is 1. The molecule has 0 radical (unpaired) electrons. The maximum absolute atomic E-state index is 9.26. The molecule has 1 fully saturated rings. The Bertz CT molecular complexity index is 535. The number of anilines is 1. The van der Waals surface area contributed by atoms with E-state index in [1.165, 1.54) is 24.1 Å². The molecule has 1 saturated heterocycles. The van der Waals surface area contributed by atoms with Gasteiger partial charge in [-0.25, -0.2) is 4.98 Å². The molecule has 5 nitrogen and oxygen atoms in total. The van der Waals surface area contributed by atoms with Crippen molar-refractivity contribution in [1.82, 2.24) is 4.98 Å². The predicted octanol–water partition coefficient (Wildman–Crippen LogP) is 1.45. The van der Waals surface area contributed by atoms with Crippen molar-refractivity contribution < 1.29 is 5.11 Å². The molecule has 3 rings (SSSR count). The molecule has 114 valence electrons. The average Bonchev–Trinajstić information content (AvgIpc) is 2.53. The van der Waals surface area contributed by atoms with E-state index in [-0.39, 0.29) is 12.4 Å². The molecule has 2 heterocycles. The van der Waals surface area contributed by atoms with E-state index in [0.29, 0.717) is 5.92 Å². The van der Waals surface area contributed by atoms with Gasteiger partial charge in [-0.05, 0) is 56.1 Å². The maximum atomic E-state index is 9.26. The Morgan fingerprint density at radius 2 is 2.05 bits per heavy atom. The highest BCUT2D eigenvalue weighted by Gasteiger charge is 2.24. The number of rotatable bonds is 3. The minimum absolute atomic E-state index is 0.107. The molecule has 4 N–H and O–H groups in total. The highest BCUT2D eigenvalue weighted by atomic mass is 16.3. The molecule has 1 aromatic heterocycles. The van der Waals surface area contributed by atoms with Crippen LogP contribution in [0.1, 0.15) is 42.5 Å². The van der Waals surface area contributed by atoms with Crippen molar-refractivity contribution in [2.24, 2.45) is 11.7 Å². The van der Waals surface area contributed by atoms with Crippen molar-refractivity contribution in [3.8, 4) is 0 Å². The lowest BCUT2D eigenvalue weighted by atomic mass is 9.93. The number of nitrogens with zero attached hydrogens (tertiary/aromatic N) is 2. The molecule has 0 aromatic carbocycles. The van der Waals surface area contributed by atoms with Crippen LogP contribution in [0.25, 0.3) is 0 Å². The van der Waals surface area contributed by atoms with E-state index in [0.717, 1.165) is 50.2 Å². The number of fused-ring (bicyclic) bond motifs is 1. The van der Waals surface area contributed by atoms with Crippen molar-refractivity contribution in [3.63, 3.8) is 0 Å². The Balaban J connectivity index is 1.91. The minimum Gasteiger partial charge on any atom is -0.396 e. The highest BCUT2D eigenvalue weighted by molar-refractivity contribution is 5.99. The summed E-state index contributed by atoms with van der Waals surface area (Å²) in [5.74, 6) is 1.38. The van der Waals surface area contributed by atoms with E-state index in [1.54, 1.807) is 0 Å². The van der Waals surface area contributed by atoms with Crippen LogP contribution in [0.5, 0.6) is 0 Å². The number of nitrogens with two attached hydrogens (primary N) is 1. The number of aryl methyl sites for hydroxylation is 2. The van der Waals surface area contributed by atoms with Gasteiger partial charge >= 0.3 is 0 Å². The third-order valence-corrected chi connectivity index (χ3v) is 4.74. The molecule has 0 spiro atoms. The molecule has 0 amide bonds. The van der Waals surface area contributed by atoms with Gasteiger partial charge in [0.25, 0.3) is 0 Å². The van der Waals surface area contributed by atoms with Crippen LogP contribution in [0.3, 0.4) is 0 Å². The predicted molar refractivity (Wildman–Crippen MR) is 83.9 cm³/mol. The van der Waals surface area contributed by atoms with Crippen LogP contribution in [0.4, 0.5) is 5.82 Å². The van der Waals surface area contributed by atoms with Crippen molar-refractivity contribution in [2.75, 3.05) is 24.6 Å². The van der Waals surface area contributed by atoms with Crippen LogP contribution in [-0.4, -0.2) is 35.6 Å². The number of amidine groups is 1. The summed E-state index contributed by atoms with van der Waals surface area (Å²) in [6, 6.07) is 2.08. The Hall–Kier alpha value is -1.62. The van der Waals surface area contributed by atoms with Crippen LogP contribution < -0.4 is 10.6 Å². The van der Waals surface area contributed by atoms with E-state index in [9.17, 15) is 5.11 Å². The van der Waals surface area contributed by atoms with Gasteiger partial charge in [-0.15, -0.1) is 0 Å². The second-order valence-corrected chi connectivity index (χ2v) is 6.20. The van der Waals surface area contributed by atoms with Gasteiger partial charge in [0, 0.05) is 25.4 Å². The zero-order chi connectivity index (χ0) is 14.8. The van der Waals surface area contributed by atoms with Crippen LogP contribution in [0.15, 0.2) is 6.07 Å². The van der Waals surface area contributed by atoms with Gasteiger partial charge in [0.1, 0.15) is 11.7 Å². The SMILES string of the molecule is N=C(N)c1cc2c(nc1N1CCC(CO)CC1)CCCC2. The van der Waals surface area contributed by atoms with E-state index in [1.807, 2.05) is 0 Å². The number of aromatic nitrogens is 1. The monoisotopic (exact) mass is 288 g/mol. The molecule has 1 aliphatic carbocycles. The van der Waals surface area contributed by atoms with Crippen LogP contribution in [0, 0.1) is 11.3 Å². The number of pyridine rings is 1. The number of piperidine rings is 1. The standard InChI is InChI=1S/C16H24N4O/c17-15(18)13-9-12-3-1-2-4-14(12)19-16(13)20-7-5-11(10-21)6-8-20/h9,11,21H,1-8,10H2,(H3,17,18). The second-order valence-electron chi connectivity index (χ2n) is 6.20. The summed E-state index contributed by atoms with van der Waals surface area (Å²) in [6.07, 6.45) is 6.45. The molecule has 21 heavy (non-hydrogen) atoms. The molecule has 2 aliphatic rings. The van der Waals surface area contributed by atoms with Crippen LogP contribution in [-0.2, 0) is 12.8 Å². The largest absolute Gasteiger partial charge is 0.396 e. The molecule has 5 heteroatoms. The van der Waals surface area contributed by atoms with Gasteiger partial charge in [0.05, 0.1) is 5.56 Å². The smallest absolute Gasteiger partial charge is 0.139 e. The third kappa shape index (κ3) is 2.88. The summed E-state index contributed by atoms with van der Waals surface area (Å²) < 4.78 is 0. The summed E-state index contributed by atoms with van der Waals surface area (Å²) in [5, 5.41) is 17.1. The first-order chi connectivity index (χ1) is 10.2. The van der Waals surface area contributed by atoms with Gasteiger partial charge in [0.15, 0.2) is 0 Å². The Kier molecular flexibility index (Phi) is 4.10. The molecule has 0 unspecified atom stereocenters. The first kappa shape index (κ1) is 14.3. The summed E-state index contributed by atoms with van der Waals surface area (Å²) in [6.45, 7) is 2.04. The Morgan fingerprint density at radius 3 is 2.71 bits per heavy atom. The summed E-state index contributed by atoms with van der Waals surface area (Å²) in [5.41, 5.74) is 9.01. The summed E-state index contributed by atoms with van der Waals surface area (Å²) in [7, 11) is 0. The molecular weight excluding hydrogens is 264 g/mol. The molecule has 0 bridgehead atoms. The molecule has 1 aromatic rings. The van der Waals surface area contributed by atoms with Crippen molar-refractivity contribution in [1.29, 1.82) is 5.41 Å². The quantitative estimate of drug-likeness (QED) is 0.580. The fourth-order valence-corrected chi connectivity index (χ4v) is 3.39. The lowest BCUT2D eigenvalue weighted by Crippen LogP contribution is -2.37. The number of nitrogen functional groups attached to an aromatic ring is 1. The number of nitrogens with one attached hydrogen (secondary N) is 1. The number of hydrogen-bond acceptors (Lipinski definition) is 4. The fourth-order valence-electron chi connectivity index (χ4n) is 3.39. The van der Waals surface area contributed by atoms with Gasteiger partial charge in [-0.2, -0.15) is 0 Å². The zero-order valence-corrected chi connectivity index (χ0v) is 12.4. The first-order valence-corrected chi connectivity index (χ1v) is 7.92. The van der Waals surface area contributed by atoms with Crippen LogP contribution in [0.2, 0.25) is 0 Å². The Morgan fingerprint density at radius 1 is 1.33 bits per heavy atom. The number of aliphatic hydroxyl groups excluding tert-OH is 1.